The number of alkyl halides is 2. The van der Waals surface area contributed by atoms with E-state index in [4.69, 9.17) is 11.6 Å². The van der Waals surface area contributed by atoms with Gasteiger partial charge in [-0.25, -0.2) is 4.98 Å². The van der Waals surface area contributed by atoms with E-state index in [1.165, 1.54) is 28.8 Å². The molecule has 0 fully saturated rings. The molecule has 3 rings (SSSR count). The number of fused-ring (bicyclic) bond motifs is 1. The smallest absolute Gasteiger partial charge is 0.387 e. The largest absolute Gasteiger partial charge is 0.435 e. The van der Waals surface area contributed by atoms with Gasteiger partial charge in [0.25, 0.3) is 5.56 Å². The van der Waals surface area contributed by atoms with Crippen LogP contribution in [-0.4, -0.2) is 16.0 Å². The van der Waals surface area contributed by atoms with Crippen LogP contribution in [0.15, 0.2) is 53.5 Å². The maximum absolute atomic E-state index is 12.1. The lowest BCUT2D eigenvalue weighted by Crippen LogP contribution is -2.16. The molecule has 0 bridgehead atoms. The van der Waals surface area contributed by atoms with E-state index in [2.05, 4.69) is 15.0 Å². The summed E-state index contributed by atoms with van der Waals surface area (Å²) in [6.07, 6.45) is 1.51. The molecule has 0 aliphatic heterocycles. The molecule has 24 heavy (non-hydrogen) atoms. The maximum Gasteiger partial charge on any atom is 0.387 e. The SMILES string of the molecule is O=c1cc(CNc2ccc(OC(F)F)cc2)nc2ccc(Cl)cn12. The second kappa shape index (κ2) is 6.84. The number of ether oxygens (including phenoxy) is 1. The average Bonchev–Trinajstić information content (AvgIpc) is 2.54. The van der Waals surface area contributed by atoms with Crippen LogP contribution in [0.2, 0.25) is 5.02 Å². The molecule has 1 aromatic carbocycles. The standard InChI is InChI=1S/C16H12ClF2N3O2/c17-10-1-6-14-21-12(7-15(23)22(14)9-10)8-20-11-2-4-13(5-3-11)24-16(18)19/h1-7,9,16,20H,8H2. The molecular weight excluding hydrogens is 340 g/mol. The van der Waals surface area contributed by atoms with Crippen molar-refractivity contribution >= 4 is 22.9 Å². The Balaban J connectivity index is 1.73. The van der Waals surface area contributed by atoms with Gasteiger partial charge in [0.15, 0.2) is 0 Å². The van der Waals surface area contributed by atoms with E-state index in [0.29, 0.717) is 28.6 Å². The number of hydrogen-bond acceptors (Lipinski definition) is 4. The van der Waals surface area contributed by atoms with E-state index in [-0.39, 0.29) is 11.3 Å². The van der Waals surface area contributed by atoms with Gasteiger partial charge in [-0.05, 0) is 36.4 Å². The first-order chi connectivity index (χ1) is 11.5. The van der Waals surface area contributed by atoms with Gasteiger partial charge in [-0.15, -0.1) is 0 Å². The average molecular weight is 352 g/mol. The zero-order valence-corrected chi connectivity index (χ0v) is 13.0. The summed E-state index contributed by atoms with van der Waals surface area (Å²) in [6.45, 7) is -2.55. The van der Waals surface area contributed by atoms with E-state index < -0.39 is 6.61 Å². The second-order valence-corrected chi connectivity index (χ2v) is 5.35. The van der Waals surface area contributed by atoms with Gasteiger partial charge < -0.3 is 10.1 Å². The highest BCUT2D eigenvalue weighted by Gasteiger charge is 2.05. The summed E-state index contributed by atoms with van der Waals surface area (Å²) in [7, 11) is 0. The van der Waals surface area contributed by atoms with Crippen molar-refractivity contribution in [3.05, 3.63) is 69.7 Å². The number of nitrogens with one attached hydrogen (secondary N) is 1. The number of aromatic nitrogens is 2. The third kappa shape index (κ3) is 3.80. The zero-order chi connectivity index (χ0) is 17.1. The summed E-state index contributed by atoms with van der Waals surface area (Å²) in [6, 6.07) is 10.8. The van der Waals surface area contributed by atoms with Gasteiger partial charge in [-0.1, -0.05) is 11.6 Å². The van der Waals surface area contributed by atoms with E-state index in [1.807, 2.05) is 0 Å². The molecule has 0 unspecified atom stereocenters. The molecule has 2 heterocycles. The molecule has 0 spiro atoms. The molecule has 0 amide bonds. The fraction of sp³-hybridized carbons (Fsp3) is 0.125. The maximum atomic E-state index is 12.1. The lowest BCUT2D eigenvalue weighted by molar-refractivity contribution is -0.0498. The number of pyridine rings is 1. The van der Waals surface area contributed by atoms with Gasteiger partial charge >= 0.3 is 6.61 Å². The predicted octanol–water partition coefficient (Wildman–Crippen LogP) is 3.56. The number of hydrogen-bond donors (Lipinski definition) is 1. The Hall–Kier alpha value is -2.67. The van der Waals surface area contributed by atoms with E-state index in [0.717, 1.165) is 0 Å². The normalized spacial score (nSPS) is 11.0. The summed E-state index contributed by atoms with van der Waals surface area (Å²) >= 11 is 5.86. The van der Waals surface area contributed by atoms with Crippen molar-refractivity contribution in [2.45, 2.75) is 13.2 Å². The Labute approximate surface area is 140 Å². The molecule has 0 aliphatic rings. The van der Waals surface area contributed by atoms with Crippen LogP contribution in [0.1, 0.15) is 5.69 Å². The number of anilines is 1. The quantitative estimate of drug-likeness (QED) is 0.763. The van der Waals surface area contributed by atoms with Crippen molar-refractivity contribution < 1.29 is 13.5 Å². The summed E-state index contributed by atoms with van der Waals surface area (Å²) in [5.74, 6) is 0.0782. The molecule has 0 aliphatic carbocycles. The van der Waals surface area contributed by atoms with Gasteiger partial charge in [0.2, 0.25) is 0 Å². The van der Waals surface area contributed by atoms with Crippen LogP contribution in [-0.2, 0) is 6.54 Å². The number of halogens is 3. The lowest BCUT2D eigenvalue weighted by Gasteiger charge is -2.09. The van der Waals surface area contributed by atoms with Crippen molar-refractivity contribution in [3.8, 4) is 5.75 Å². The molecule has 5 nitrogen and oxygen atoms in total. The van der Waals surface area contributed by atoms with E-state index in [1.54, 1.807) is 24.3 Å². The Morgan fingerprint density at radius 3 is 2.67 bits per heavy atom. The molecule has 8 heteroatoms. The highest BCUT2D eigenvalue weighted by molar-refractivity contribution is 6.30. The third-order valence-corrected chi connectivity index (χ3v) is 3.45. The molecule has 124 valence electrons. The van der Waals surface area contributed by atoms with Crippen molar-refractivity contribution in [2.24, 2.45) is 0 Å². The Morgan fingerprint density at radius 1 is 1.21 bits per heavy atom. The highest BCUT2D eigenvalue weighted by Crippen LogP contribution is 2.18. The van der Waals surface area contributed by atoms with Crippen LogP contribution in [0.25, 0.3) is 5.65 Å². The fourth-order valence-electron chi connectivity index (χ4n) is 2.16. The molecule has 1 N–H and O–H groups in total. The molecule has 0 saturated carbocycles. The van der Waals surface area contributed by atoms with E-state index >= 15 is 0 Å². The van der Waals surface area contributed by atoms with Crippen LogP contribution < -0.4 is 15.6 Å². The summed E-state index contributed by atoms with van der Waals surface area (Å²) in [5.41, 5.74) is 1.49. The minimum Gasteiger partial charge on any atom is -0.435 e. The molecule has 0 atom stereocenters. The van der Waals surface area contributed by atoms with Crippen LogP contribution in [0.3, 0.4) is 0 Å². The summed E-state index contributed by atoms with van der Waals surface area (Å²) in [5, 5.41) is 3.51. The van der Waals surface area contributed by atoms with Crippen LogP contribution in [0, 0.1) is 0 Å². The number of nitrogens with zero attached hydrogens (tertiary/aromatic N) is 2. The van der Waals surface area contributed by atoms with Crippen molar-refractivity contribution in [1.29, 1.82) is 0 Å². The lowest BCUT2D eigenvalue weighted by atomic mass is 10.3. The number of rotatable bonds is 5. The van der Waals surface area contributed by atoms with Gasteiger partial charge in [-0.2, -0.15) is 8.78 Å². The number of benzene rings is 1. The minimum absolute atomic E-state index is 0.0782. The second-order valence-electron chi connectivity index (χ2n) is 4.92. The first-order valence-electron chi connectivity index (χ1n) is 6.98. The zero-order valence-electron chi connectivity index (χ0n) is 12.2. The fourth-order valence-corrected chi connectivity index (χ4v) is 2.32. The van der Waals surface area contributed by atoms with Crippen molar-refractivity contribution in [2.75, 3.05) is 5.32 Å². The van der Waals surface area contributed by atoms with Gasteiger partial charge in [0.1, 0.15) is 11.4 Å². The van der Waals surface area contributed by atoms with Crippen LogP contribution >= 0.6 is 11.6 Å². The first kappa shape index (κ1) is 16.2. The molecule has 0 radical (unpaired) electrons. The Kier molecular flexibility index (Phi) is 4.61. The minimum atomic E-state index is -2.85. The molecular formula is C16H12ClF2N3O2. The van der Waals surface area contributed by atoms with Crippen LogP contribution in [0.4, 0.5) is 14.5 Å². The van der Waals surface area contributed by atoms with Crippen molar-refractivity contribution in [1.82, 2.24) is 9.38 Å². The molecule has 2 aromatic heterocycles. The van der Waals surface area contributed by atoms with E-state index in [9.17, 15) is 13.6 Å². The van der Waals surface area contributed by atoms with Gasteiger partial charge in [0, 0.05) is 18.0 Å². The Morgan fingerprint density at radius 2 is 1.96 bits per heavy atom. The van der Waals surface area contributed by atoms with Crippen LogP contribution in [0.5, 0.6) is 5.75 Å². The monoisotopic (exact) mass is 351 g/mol. The topological polar surface area (TPSA) is 55.6 Å². The third-order valence-electron chi connectivity index (χ3n) is 3.23. The molecule has 0 saturated heterocycles. The summed E-state index contributed by atoms with van der Waals surface area (Å²) < 4.78 is 29.8. The van der Waals surface area contributed by atoms with Gasteiger partial charge in [0.05, 0.1) is 17.3 Å². The van der Waals surface area contributed by atoms with Gasteiger partial charge in [-0.3, -0.25) is 9.20 Å². The molecule has 3 aromatic rings. The predicted molar refractivity (Wildman–Crippen MR) is 86.9 cm³/mol. The first-order valence-corrected chi connectivity index (χ1v) is 7.36. The summed E-state index contributed by atoms with van der Waals surface area (Å²) in [4.78, 5) is 16.4. The highest BCUT2D eigenvalue weighted by atomic mass is 35.5. The Bertz CT molecular complexity index is 913. The van der Waals surface area contributed by atoms with Crippen molar-refractivity contribution in [3.63, 3.8) is 0 Å².